The molecule has 0 saturated heterocycles. The minimum absolute atomic E-state index is 0.0826. The second-order valence-electron chi connectivity index (χ2n) is 6.33. The highest BCUT2D eigenvalue weighted by Crippen LogP contribution is 2.08. The lowest BCUT2D eigenvalue weighted by atomic mass is 10.0. The van der Waals surface area contributed by atoms with Crippen molar-refractivity contribution in [3.05, 3.63) is 35.9 Å². The predicted octanol–water partition coefficient (Wildman–Crippen LogP) is 0.304. The van der Waals surface area contributed by atoms with Crippen molar-refractivity contribution in [3.8, 4) is 0 Å². The maximum absolute atomic E-state index is 12.7. The van der Waals surface area contributed by atoms with Gasteiger partial charge in [0.2, 0.25) is 17.6 Å². The number of carbonyl (C=O) groups is 5. The van der Waals surface area contributed by atoms with Gasteiger partial charge in [-0.2, -0.15) is 0 Å². The summed E-state index contributed by atoms with van der Waals surface area (Å²) < 4.78 is 9.04. The molecule has 0 fully saturated rings. The van der Waals surface area contributed by atoms with Crippen LogP contribution < -0.4 is 10.6 Å². The monoisotopic (exact) mass is 406 g/mol. The van der Waals surface area contributed by atoms with Gasteiger partial charge in [0.05, 0.1) is 14.2 Å². The van der Waals surface area contributed by atoms with Gasteiger partial charge in [-0.25, -0.2) is 9.59 Å². The van der Waals surface area contributed by atoms with E-state index in [2.05, 4.69) is 15.4 Å². The molecule has 0 radical (unpaired) electrons. The molecule has 0 spiro atoms. The van der Waals surface area contributed by atoms with Crippen LogP contribution in [-0.4, -0.2) is 55.8 Å². The van der Waals surface area contributed by atoms with E-state index in [0.29, 0.717) is 0 Å². The Kier molecular flexibility index (Phi) is 10.1. The number of esters is 2. The van der Waals surface area contributed by atoms with Gasteiger partial charge >= 0.3 is 11.9 Å². The van der Waals surface area contributed by atoms with Crippen molar-refractivity contribution in [1.82, 2.24) is 10.6 Å². The summed E-state index contributed by atoms with van der Waals surface area (Å²) in [5.41, 5.74) is 0.833. The molecule has 0 aliphatic rings. The SMILES string of the molecule is COC(=O)C(=O)CCC[C@H](NC(=O)C(Cc1ccccc1)NC(C)=O)C(=O)OC. The molecule has 158 valence electrons. The lowest BCUT2D eigenvalue weighted by molar-refractivity contribution is -0.151. The van der Waals surface area contributed by atoms with Gasteiger partial charge in [-0.15, -0.1) is 0 Å². The van der Waals surface area contributed by atoms with Crippen molar-refractivity contribution >= 4 is 29.5 Å². The first-order valence-electron chi connectivity index (χ1n) is 9.08. The topological polar surface area (TPSA) is 128 Å². The summed E-state index contributed by atoms with van der Waals surface area (Å²) in [6.45, 7) is 1.29. The van der Waals surface area contributed by atoms with Crippen molar-refractivity contribution in [3.63, 3.8) is 0 Å². The molecule has 9 heteroatoms. The smallest absolute Gasteiger partial charge is 0.374 e. The first-order chi connectivity index (χ1) is 13.8. The number of Topliss-reactive ketones (excluding diaryl/α,β-unsaturated/α-hetero) is 1. The minimum atomic E-state index is -1.02. The van der Waals surface area contributed by atoms with Crippen LogP contribution in [-0.2, 0) is 39.9 Å². The Morgan fingerprint density at radius 1 is 0.931 bits per heavy atom. The van der Waals surface area contributed by atoms with Gasteiger partial charge < -0.3 is 20.1 Å². The van der Waals surface area contributed by atoms with Crippen molar-refractivity contribution in [1.29, 1.82) is 0 Å². The first-order valence-corrected chi connectivity index (χ1v) is 9.08. The number of hydrogen-bond acceptors (Lipinski definition) is 7. The number of methoxy groups -OCH3 is 2. The van der Waals surface area contributed by atoms with Crippen LogP contribution in [0.2, 0.25) is 0 Å². The molecule has 2 N–H and O–H groups in total. The van der Waals surface area contributed by atoms with E-state index in [9.17, 15) is 24.0 Å². The summed E-state index contributed by atoms with van der Waals surface area (Å²) in [5.74, 6) is -3.32. The van der Waals surface area contributed by atoms with Crippen LogP contribution in [0.15, 0.2) is 30.3 Å². The summed E-state index contributed by atoms with van der Waals surface area (Å²) in [6.07, 6.45) is 0.354. The van der Waals surface area contributed by atoms with E-state index in [-0.39, 0.29) is 31.6 Å². The molecule has 0 aromatic heterocycles. The average molecular weight is 406 g/mol. The fourth-order valence-corrected chi connectivity index (χ4v) is 2.65. The van der Waals surface area contributed by atoms with Crippen LogP contribution in [0, 0.1) is 0 Å². The van der Waals surface area contributed by atoms with Gasteiger partial charge in [-0.1, -0.05) is 30.3 Å². The molecule has 1 unspecified atom stereocenters. The van der Waals surface area contributed by atoms with Crippen LogP contribution in [0.1, 0.15) is 31.7 Å². The zero-order valence-electron chi connectivity index (χ0n) is 16.7. The number of ether oxygens (including phenoxy) is 2. The maximum atomic E-state index is 12.7. The zero-order valence-corrected chi connectivity index (χ0v) is 16.7. The zero-order chi connectivity index (χ0) is 21.8. The Morgan fingerprint density at radius 2 is 1.59 bits per heavy atom. The molecular formula is C20H26N2O7. The van der Waals surface area contributed by atoms with Crippen LogP contribution in [0.3, 0.4) is 0 Å². The summed E-state index contributed by atoms with van der Waals surface area (Å²) in [5, 5.41) is 5.12. The highest BCUT2D eigenvalue weighted by Gasteiger charge is 2.27. The van der Waals surface area contributed by atoms with Crippen molar-refractivity contribution in [2.45, 2.75) is 44.7 Å². The summed E-state index contributed by atoms with van der Waals surface area (Å²) in [4.78, 5) is 58.9. The van der Waals surface area contributed by atoms with E-state index in [0.717, 1.165) is 12.7 Å². The van der Waals surface area contributed by atoms with Crippen molar-refractivity contribution in [2.24, 2.45) is 0 Å². The molecular weight excluding hydrogens is 380 g/mol. The van der Waals surface area contributed by atoms with Crippen LogP contribution >= 0.6 is 0 Å². The third kappa shape index (κ3) is 8.54. The molecule has 1 rings (SSSR count). The van der Waals surface area contributed by atoms with Crippen LogP contribution in [0.25, 0.3) is 0 Å². The fourth-order valence-electron chi connectivity index (χ4n) is 2.65. The lowest BCUT2D eigenvalue weighted by Crippen LogP contribution is -2.52. The van der Waals surface area contributed by atoms with E-state index < -0.39 is 35.7 Å². The second-order valence-corrected chi connectivity index (χ2v) is 6.33. The standard InChI is InChI=1S/C20H26N2O7/c1-13(23)21-16(12-14-8-5-4-6-9-14)18(25)22-15(19(26)28-2)10-7-11-17(24)20(27)29-3/h4-6,8-9,15-16H,7,10-12H2,1-3H3,(H,21,23)(H,22,25)/t15-,16?/m0/s1. The number of amides is 2. The Morgan fingerprint density at radius 3 is 2.14 bits per heavy atom. The van der Waals surface area contributed by atoms with E-state index >= 15 is 0 Å². The number of nitrogens with one attached hydrogen (secondary N) is 2. The molecule has 0 saturated carbocycles. The van der Waals surface area contributed by atoms with E-state index in [1.54, 1.807) is 0 Å². The van der Waals surface area contributed by atoms with Crippen LogP contribution in [0.4, 0.5) is 0 Å². The Bertz CT molecular complexity index is 734. The van der Waals surface area contributed by atoms with Crippen molar-refractivity contribution in [2.75, 3.05) is 14.2 Å². The van der Waals surface area contributed by atoms with Gasteiger partial charge in [-0.05, 0) is 18.4 Å². The molecule has 0 heterocycles. The second kappa shape index (κ2) is 12.3. The third-order valence-corrected chi connectivity index (χ3v) is 4.09. The average Bonchev–Trinajstić information content (AvgIpc) is 2.71. The molecule has 0 aliphatic heterocycles. The number of hydrogen-bond donors (Lipinski definition) is 2. The molecule has 0 bridgehead atoms. The minimum Gasteiger partial charge on any atom is -0.467 e. The third-order valence-electron chi connectivity index (χ3n) is 4.09. The summed E-state index contributed by atoms with van der Waals surface area (Å²) in [7, 11) is 2.28. The van der Waals surface area contributed by atoms with Gasteiger partial charge in [0, 0.05) is 19.8 Å². The van der Waals surface area contributed by atoms with Crippen molar-refractivity contribution < 1.29 is 33.4 Å². The maximum Gasteiger partial charge on any atom is 0.374 e. The molecule has 2 amide bonds. The highest BCUT2D eigenvalue weighted by molar-refractivity contribution is 6.33. The van der Waals surface area contributed by atoms with E-state index in [4.69, 9.17) is 4.74 Å². The van der Waals surface area contributed by atoms with E-state index in [1.807, 2.05) is 30.3 Å². The van der Waals surface area contributed by atoms with Gasteiger partial charge in [0.25, 0.3) is 0 Å². The molecule has 1 aromatic rings. The fraction of sp³-hybridized carbons (Fsp3) is 0.450. The number of benzene rings is 1. The van der Waals surface area contributed by atoms with Crippen LogP contribution in [0.5, 0.6) is 0 Å². The number of ketones is 1. The summed E-state index contributed by atoms with van der Waals surface area (Å²) in [6, 6.07) is 7.18. The molecule has 0 aliphatic carbocycles. The molecule has 2 atom stereocenters. The van der Waals surface area contributed by atoms with E-state index in [1.165, 1.54) is 14.0 Å². The normalized spacial score (nSPS) is 12.2. The number of carbonyl (C=O) groups excluding carboxylic acids is 5. The molecule has 9 nitrogen and oxygen atoms in total. The number of rotatable bonds is 11. The van der Waals surface area contributed by atoms with Gasteiger partial charge in [0.15, 0.2) is 0 Å². The largest absolute Gasteiger partial charge is 0.467 e. The lowest BCUT2D eigenvalue weighted by Gasteiger charge is -2.22. The Labute approximate surface area is 169 Å². The Balaban J connectivity index is 2.78. The highest BCUT2D eigenvalue weighted by atomic mass is 16.5. The summed E-state index contributed by atoms with van der Waals surface area (Å²) >= 11 is 0. The molecule has 1 aromatic carbocycles. The van der Waals surface area contributed by atoms with Gasteiger partial charge in [0.1, 0.15) is 12.1 Å². The van der Waals surface area contributed by atoms with Gasteiger partial charge in [-0.3, -0.25) is 14.4 Å². The Hall–Kier alpha value is -3.23. The first kappa shape index (κ1) is 23.8. The quantitative estimate of drug-likeness (QED) is 0.400. The predicted molar refractivity (Wildman–Crippen MR) is 103 cm³/mol. The molecule has 29 heavy (non-hydrogen) atoms.